The Morgan fingerprint density at radius 3 is 2.80 bits per heavy atom. The molecule has 0 saturated carbocycles. The van der Waals surface area contributed by atoms with Crippen molar-refractivity contribution in [2.45, 2.75) is 13.5 Å². The standard InChI is InChI=1S/C11H10BrN5O3/c1-6-7(12)2-3-9(13-6)14-10(18)5-17-4-8(11(19)20)15-16-17/h2-4H,5H2,1H3,(H,19,20)(H,13,14,18). The molecule has 104 valence electrons. The van der Waals surface area contributed by atoms with E-state index in [2.05, 4.69) is 36.5 Å². The quantitative estimate of drug-likeness (QED) is 0.862. The lowest BCUT2D eigenvalue weighted by Crippen LogP contribution is -2.20. The normalized spacial score (nSPS) is 10.3. The summed E-state index contributed by atoms with van der Waals surface area (Å²) in [5.74, 6) is -1.16. The fourth-order valence-corrected chi connectivity index (χ4v) is 1.64. The number of nitrogens with one attached hydrogen (secondary N) is 1. The number of carboxylic acid groups (broad SMARTS) is 1. The summed E-state index contributed by atoms with van der Waals surface area (Å²) in [4.78, 5) is 26.6. The highest BCUT2D eigenvalue weighted by Gasteiger charge is 2.11. The molecule has 9 heteroatoms. The van der Waals surface area contributed by atoms with Crippen molar-refractivity contribution in [3.05, 3.63) is 34.2 Å². The molecule has 0 aliphatic heterocycles. The molecule has 2 rings (SSSR count). The molecule has 2 aromatic rings. The van der Waals surface area contributed by atoms with Crippen molar-refractivity contribution < 1.29 is 14.7 Å². The zero-order chi connectivity index (χ0) is 14.7. The Bertz CT molecular complexity index is 670. The van der Waals surface area contributed by atoms with Gasteiger partial charge in [0.25, 0.3) is 0 Å². The summed E-state index contributed by atoms with van der Waals surface area (Å²) in [5, 5.41) is 18.2. The third-order valence-electron chi connectivity index (χ3n) is 2.35. The summed E-state index contributed by atoms with van der Waals surface area (Å²) in [7, 11) is 0. The SMILES string of the molecule is Cc1nc(NC(=O)Cn2cc(C(=O)O)nn2)ccc1Br. The minimum atomic E-state index is -1.19. The van der Waals surface area contributed by atoms with Crippen LogP contribution in [0.5, 0.6) is 0 Å². The largest absolute Gasteiger partial charge is 0.476 e. The topological polar surface area (TPSA) is 110 Å². The third kappa shape index (κ3) is 3.38. The Morgan fingerprint density at radius 1 is 1.45 bits per heavy atom. The predicted molar refractivity (Wildman–Crippen MR) is 72.3 cm³/mol. The smallest absolute Gasteiger partial charge is 0.358 e. The fraction of sp³-hybridized carbons (Fsp3) is 0.182. The van der Waals surface area contributed by atoms with Crippen LogP contribution in [-0.4, -0.2) is 37.0 Å². The summed E-state index contributed by atoms with van der Waals surface area (Å²) in [6.07, 6.45) is 1.18. The Kier molecular flexibility index (Phi) is 4.08. The third-order valence-corrected chi connectivity index (χ3v) is 3.19. The Hall–Kier alpha value is -2.29. The number of hydrogen-bond acceptors (Lipinski definition) is 5. The number of halogens is 1. The highest BCUT2D eigenvalue weighted by Crippen LogP contribution is 2.16. The van der Waals surface area contributed by atoms with Crippen molar-refractivity contribution in [2.75, 3.05) is 5.32 Å². The van der Waals surface area contributed by atoms with Crippen LogP contribution in [0.15, 0.2) is 22.8 Å². The number of amides is 1. The van der Waals surface area contributed by atoms with E-state index >= 15 is 0 Å². The molecular formula is C11H10BrN5O3. The lowest BCUT2D eigenvalue weighted by atomic mass is 10.3. The summed E-state index contributed by atoms with van der Waals surface area (Å²) >= 11 is 3.31. The average molecular weight is 340 g/mol. The molecule has 0 radical (unpaired) electrons. The maximum Gasteiger partial charge on any atom is 0.358 e. The molecule has 0 saturated heterocycles. The zero-order valence-corrected chi connectivity index (χ0v) is 12.0. The summed E-state index contributed by atoms with van der Waals surface area (Å²) in [5.41, 5.74) is 0.534. The Labute approximate surface area is 121 Å². The van der Waals surface area contributed by atoms with Crippen molar-refractivity contribution in [1.29, 1.82) is 0 Å². The van der Waals surface area contributed by atoms with Crippen LogP contribution in [0.2, 0.25) is 0 Å². The number of hydrogen-bond donors (Lipinski definition) is 2. The van der Waals surface area contributed by atoms with Crippen LogP contribution < -0.4 is 5.32 Å². The molecule has 20 heavy (non-hydrogen) atoms. The van der Waals surface area contributed by atoms with Crippen molar-refractivity contribution in [3.63, 3.8) is 0 Å². The number of nitrogens with zero attached hydrogens (tertiary/aromatic N) is 4. The maximum atomic E-state index is 11.8. The lowest BCUT2D eigenvalue weighted by molar-refractivity contribution is -0.117. The first-order valence-corrected chi connectivity index (χ1v) is 6.31. The van der Waals surface area contributed by atoms with Gasteiger partial charge in [-0.2, -0.15) is 0 Å². The van der Waals surface area contributed by atoms with Gasteiger partial charge < -0.3 is 10.4 Å². The molecule has 1 amide bonds. The van der Waals surface area contributed by atoms with Gasteiger partial charge in [-0.1, -0.05) is 5.21 Å². The zero-order valence-electron chi connectivity index (χ0n) is 10.4. The number of carbonyl (C=O) groups is 2. The molecule has 0 aromatic carbocycles. The first-order chi connectivity index (χ1) is 9.45. The summed E-state index contributed by atoms with van der Waals surface area (Å²) < 4.78 is 1.99. The molecule has 0 aliphatic carbocycles. The summed E-state index contributed by atoms with van der Waals surface area (Å²) in [6, 6.07) is 3.43. The molecule has 0 spiro atoms. The molecule has 2 aromatic heterocycles. The van der Waals surface area contributed by atoms with E-state index in [1.807, 2.05) is 0 Å². The van der Waals surface area contributed by atoms with Crippen LogP contribution in [-0.2, 0) is 11.3 Å². The van der Waals surface area contributed by atoms with Crippen molar-refractivity contribution in [3.8, 4) is 0 Å². The van der Waals surface area contributed by atoms with Crippen molar-refractivity contribution in [1.82, 2.24) is 20.0 Å². The van der Waals surface area contributed by atoms with Gasteiger partial charge in [-0.15, -0.1) is 5.10 Å². The number of aromatic carboxylic acids is 1. The van der Waals surface area contributed by atoms with Crippen molar-refractivity contribution >= 4 is 33.6 Å². The van der Waals surface area contributed by atoms with Gasteiger partial charge in [-0.3, -0.25) is 4.79 Å². The first kappa shape index (κ1) is 14.1. The number of aromatic nitrogens is 4. The molecule has 2 N–H and O–H groups in total. The molecule has 0 fully saturated rings. The minimum Gasteiger partial charge on any atom is -0.476 e. The highest BCUT2D eigenvalue weighted by molar-refractivity contribution is 9.10. The van der Waals surface area contributed by atoms with E-state index in [0.29, 0.717) is 5.82 Å². The number of carbonyl (C=O) groups excluding carboxylic acids is 1. The molecule has 0 atom stereocenters. The Morgan fingerprint density at radius 2 is 2.20 bits per heavy atom. The van der Waals surface area contributed by atoms with Crippen LogP contribution in [0, 0.1) is 6.92 Å². The van der Waals surface area contributed by atoms with E-state index in [4.69, 9.17) is 5.11 Å². The Balaban J connectivity index is 2.01. The number of carboxylic acids is 1. The van der Waals surface area contributed by atoms with Crippen LogP contribution in [0.4, 0.5) is 5.82 Å². The molecule has 0 bridgehead atoms. The van der Waals surface area contributed by atoms with E-state index in [0.717, 1.165) is 14.8 Å². The lowest BCUT2D eigenvalue weighted by Gasteiger charge is -2.05. The monoisotopic (exact) mass is 339 g/mol. The molecule has 0 aliphatic rings. The fourth-order valence-electron chi connectivity index (χ4n) is 1.42. The highest BCUT2D eigenvalue weighted by atomic mass is 79.9. The molecule has 8 nitrogen and oxygen atoms in total. The van der Waals surface area contributed by atoms with Crippen LogP contribution in [0.25, 0.3) is 0 Å². The number of aryl methyl sites for hydroxylation is 1. The van der Waals surface area contributed by atoms with E-state index in [-0.39, 0.29) is 18.1 Å². The second kappa shape index (κ2) is 5.78. The van der Waals surface area contributed by atoms with Gasteiger partial charge in [0.05, 0.1) is 11.9 Å². The second-order valence-electron chi connectivity index (χ2n) is 3.92. The van der Waals surface area contributed by atoms with Gasteiger partial charge in [0.2, 0.25) is 5.91 Å². The molecular weight excluding hydrogens is 330 g/mol. The van der Waals surface area contributed by atoms with Gasteiger partial charge in [0, 0.05) is 4.47 Å². The number of rotatable bonds is 4. The number of anilines is 1. The van der Waals surface area contributed by atoms with E-state index in [1.165, 1.54) is 6.20 Å². The van der Waals surface area contributed by atoms with Crippen LogP contribution in [0.1, 0.15) is 16.2 Å². The van der Waals surface area contributed by atoms with Crippen LogP contribution in [0.3, 0.4) is 0 Å². The van der Waals surface area contributed by atoms with E-state index in [9.17, 15) is 9.59 Å². The second-order valence-corrected chi connectivity index (χ2v) is 4.77. The average Bonchev–Trinajstić information content (AvgIpc) is 2.82. The van der Waals surface area contributed by atoms with Gasteiger partial charge in [-0.05, 0) is 35.0 Å². The van der Waals surface area contributed by atoms with E-state index in [1.54, 1.807) is 19.1 Å². The van der Waals surface area contributed by atoms with Crippen LogP contribution >= 0.6 is 15.9 Å². The van der Waals surface area contributed by atoms with Gasteiger partial charge in [-0.25, -0.2) is 14.5 Å². The predicted octanol–water partition coefficient (Wildman–Crippen LogP) is 1.08. The van der Waals surface area contributed by atoms with Gasteiger partial charge in [0.1, 0.15) is 12.4 Å². The van der Waals surface area contributed by atoms with Gasteiger partial charge in [0.15, 0.2) is 5.69 Å². The first-order valence-electron chi connectivity index (χ1n) is 5.52. The van der Waals surface area contributed by atoms with E-state index < -0.39 is 5.97 Å². The van der Waals surface area contributed by atoms with Gasteiger partial charge >= 0.3 is 5.97 Å². The molecule has 0 unspecified atom stereocenters. The molecule has 2 heterocycles. The minimum absolute atomic E-state index is 0.142. The maximum absolute atomic E-state index is 11.8. The summed E-state index contributed by atoms with van der Waals surface area (Å²) in [6.45, 7) is 1.66. The number of pyridine rings is 1. The van der Waals surface area contributed by atoms with Crippen molar-refractivity contribution in [2.24, 2.45) is 0 Å².